The molecule has 124 valence electrons. The minimum atomic E-state index is 0.0729. The van der Waals surface area contributed by atoms with Gasteiger partial charge in [0.1, 0.15) is 0 Å². The number of carbonyl (C=O) groups excluding carboxylic acids is 1. The molecule has 0 radical (unpaired) electrons. The van der Waals surface area contributed by atoms with Gasteiger partial charge in [-0.3, -0.25) is 9.78 Å². The lowest BCUT2D eigenvalue weighted by atomic mass is 10.2. The molecule has 0 saturated carbocycles. The molecular weight excluding hydrogens is 318 g/mol. The quantitative estimate of drug-likeness (QED) is 0.690. The van der Waals surface area contributed by atoms with Crippen molar-refractivity contribution in [3.8, 4) is 0 Å². The minimum absolute atomic E-state index is 0.0729. The van der Waals surface area contributed by atoms with Crippen LogP contribution in [-0.2, 0) is 6.54 Å². The van der Waals surface area contributed by atoms with E-state index in [1.54, 1.807) is 17.5 Å². The van der Waals surface area contributed by atoms with Gasteiger partial charge in [0, 0.05) is 24.0 Å². The molecule has 3 aromatic rings. The monoisotopic (exact) mass is 339 g/mol. The maximum absolute atomic E-state index is 13.0. The van der Waals surface area contributed by atoms with Crippen LogP contribution in [0.4, 0.5) is 0 Å². The van der Waals surface area contributed by atoms with Gasteiger partial charge in [-0.05, 0) is 43.7 Å². The maximum atomic E-state index is 13.0. The number of rotatable bonds is 6. The Labute approximate surface area is 146 Å². The lowest BCUT2D eigenvalue weighted by Gasteiger charge is -2.23. The molecule has 0 aliphatic rings. The van der Waals surface area contributed by atoms with Gasteiger partial charge in [0.15, 0.2) is 0 Å². The number of carbonyl (C=O) groups is 1. The topological polar surface area (TPSA) is 36.4 Å². The second kappa shape index (κ2) is 7.55. The smallest absolute Gasteiger partial charge is 0.264 e. The van der Waals surface area contributed by atoms with Gasteiger partial charge in [0.2, 0.25) is 0 Å². The first-order valence-electron chi connectivity index (χ1n) is 7.96. The fourth-order valence-electron chi connectivity index (χ4n) is 2.50. The molecule has 2 aromatic heterocycles. The molecule has 0 saturated heterocycles. The van der Waals surface area contributed by atoms with Gasteiger partial charge < -0.3 is 9.80 Å². The van der Waals surface area contributed by atoms with Gasteiger partial charge in [-0.1, -0.05) is 24.3 Å². The van der Waals surface area contributed by atoms with Crippen molar-refractivity contribution in [1.29, 1.82) is 0 Å². The molecule has 5 heteroatoms. The van der Waals surface area contributed by atoms with Gasteiger partial charge in [-0.15, -0.1) is 11.3 Å². The molecule has 0 atom stereocenters. The highest BCUT2D eigenvalue weighted by Gasteiger charge is 2.19. The van der Waals surface area contributed by atoms with Crippen LogP contribution in [0, 0.1) is 0 Å². The summed E-state index contributed by atoms with van der Waals surface area (Å²) < 4.78 is 1.14. The lowest BCUT2D eigenvalue weighted by molar-refractivity contribution is 0.0735. The lowest BCUT2D eigenvalue weighted by Crippen LogP contribution is -2.36. The predicted octanol–water partition coefficient (Wildman–Crippen LogP) is 3.50. The highest BCUT2D eigenvalue weighted by Crippen LogP contribution is 2.26. The van der Waals surface area contributed by atoms with Crippen LogP contribution in [0.25, 0.3) is 10.1 Å². The molecule has 4 nitrogen and oxygen atoms in total. The van der Waals surface area contributed by atoms with E-state index in [-0.39, 0.29) is 5.91 Å². The van der Waals surface area contributed by atoms with E-state index in [0.29, 0.717) is 13.1 Å². The van der Waals surface area contributed by atoms with Crippen LogP contribution in [0.15, 0.2) is 54.7 Å². The number of hydrogen-bond acceptors (Lipinski definition) is 4. The molecule has 0 aliphatic carbocycles. The zero-order chi connectivity index (χ0) is 16.9. The highest BCUT2D eigenvalue weighted by atomic mass is 32.1. The predicted molar refractivity (Wildman–Crippen MR) is 99.4 cm³/mol. The number of aromatic nitrogens is 1. The largest absolute Gasteiger partial charge is 0.331 e. The SMILES string of the molecule is CN(C)CCN(Cc1ccccn1)C(=O)c1cc2ccccc2s1. The summed E-state index contributed by atoms with van der Waals surface area (Å²) in [5.74, 6) is 0.0729. The van der Waals surface area contributed by atoms with Gasteiger partial charge >= 0.3 is 0 Å². The highest BCUT2D eigenvalue weighted by molar-refractivity contribution is 7.20. The first kappa shape index (κ1) is 16.6. The molecule has 0 N–H and O–H groups in total. The van der Waals surface area contributed by atoms with Crippen LogP contribution in [-0.4, -0.2) is 47.9 Å². The molecule has 1 amide bonds. The van der Waals surface area contributed by atoms with E-state index in [0.717, 1.165) is 27.2 Å². The molecule has 0 aliphatic heterocycles. The summed E-state index contributed by atoms with van der Waals surface area (Å²) in [7, 11) is 4.03. The van der Waals surface area contributed by atoms with Crippen LogP contribution in [0.5, 0.6) is 0 Å². The number of thiophene rings is 1. The summed E-state index contributed by atoms with van der Waals surface area (Å²) in [6.07, 6.45) is 1.77. The molecule has 2 heterocycles. The second-order valence-electron chi connectivity index (χ2n) is 6.00. The van der Waals surface area contributed by atoms with Gasteiger partial charge in [0.05, 0.1) is 17.1 Å². The summed E-state index contributed by atoms with van der Waals surface area (Å²) >= 11 is 1.55. The normalized spacial score (nSPS) is 11.1. The van der Waals surface area contributed by atoms with Crippen LogP contribution in [0.2, 0.25) is 0 Å². The fraction of sp³-hybridized carbons (Fsp3) is 0.263. The van der Waals surface area contributed by atoms with Crippen molar-refractivity contribution >= 4 is 27.3 Å². The standard InChI is InChI=1S/C19H21N3OS/c1-21(2)11-12-22(14-16-8-5-6-10-20-16)19(23)18-13-15-7-3-4-9-17(15)24-18/h3-10,13H,11-12,14H2,1-2H3. The van der Waals surface area contributed by atoms with E-state index in [1.165, 1.54) is 0 Å². The Hall–Kier alpha value is -2.24. The zero-order valence-electron chi connectivity index (χ0n) is 14.0. The average Bonchev–Trinajstić information content (AvgIpc) is 3.03. The molecule has 0 unspecified atom stereocenters. The molecular formula is C19H21N3OS. The van der Waals surface area contributed by atoms with Crippen LogP contribution < -0.4 is 0 Å². The fourth-order valence-corrected chi connectivity index (χ4v) is 3.53. The zero-order valence-corrected chi connectivity index (χ0v) is 14.8. The van der Waals surface area contributed by atoms with Crippen molar-refractivity contribution in [3.63, 3.8) is 0 Å². The van der Waals surface area contributed by atoms with Crippen LogP contribution in [0.1, 0.15) is 15.4 Å². The van der Waals surface area contributed by atoms with Gasteiger partial charge in [0.25, 0.3) is 5.91 Å². The summed E-state index contributed by atoms with van der Waals surface area (Å²) in [6.45, 7) is 2.03. The number of amides is 1. The summed E-state index contributed by atoms with van der Waals surface area (Å²) in [5.41, 5.74) is 0.908. The number of fused-ring (bicyclic) bond motifs is 1. The molecule has 0 fully saturated rings. The van der Waals surface area contributed by atoms with Crippen molar-refractivity contribution < 1.29 is 4.79 Å². The molecule has 0 spiro atoms. The summed E-state index contributed by atoms with van der Waals surface area (Å²) in [6, 6.07) is 15.9. The van der Waals surface area contributed by atoms with Gasteiger partial charge in [-0.2, -0.15) is 0 Å². The van der Waals surface area contributed by atoms with Crippen molar-refractivity contribution in [2.45, 2.75) is 6.54 Å². The Bertz CT molecular complexity index is 781. The number of nitrogens with zero attached hydrogens (tertiary/aromatic N) is 3. The van der Waals surface area contributed by atoms with Crippen LogP contribution in [0.3, 0.4) is 0 Å². The Kier molecular flexibility index (Phi) is 5.23. The van der Waals surface area contributed by atoms with Crippen molar-refractivity contribution in [2.24, 2.45) is 0 Å². The molecule has 24 heavy (non-hydrogen) atoms. The first-order chi connectivity index (χ1) is 11.6. The molecule has 1 aromatic carbocycles. The van der Waals surface area contributed by atoms with E-state index >= 15 is 0 Å². The molecule has 3 rings (SSSR count). The van der Waals surface area contributed by atoms with E-state index < -0.39 is 0 Å². The molecule has 0 bridgehead atoms. The third kappa shape index (κ3) is 3.99. The van der Waals surface area contributed by atoms with E-state index in [2.05, 4.69) is 16.0 Å². The van der Waals surface area contributed by atoms with Gasteiger partial charge in [-0.25, -0.2) is 0 Å². The van der Waals surface area contributed by atoms with Crippen molar-refractivity contribution in [2.75, 3.05) is 27.2 Å². The number of hydrogen-bond donors (Lipinski definition) is 0. The van der Waals surface area contributed by atoms with E-state index in [4.69, 9.17) is 0 Å². The Morgan fingerprint density at radius 1 is 1.08 bits per heavy atom. The number of likely N-dealkylation sites (N-methyl/N-ethyl adjacent to an activating group) is 1. The number of pyridine rings is 1. The van der Waals surface area contributed by atoms with Crippen molar-refractivity contribution in [3.05, 3.63) is 65.3 Å². The van der Waals surface area contributed by atoms with Crippen LogP contribution >= 0.6 is 11.3 Å². The third-order valence-corrected chi connectivity index (χ3v) is 4.92. The van der Waals surface area contributed by atoms with Crippen molar-refractivity contribution in [1.82, 2.24) is 14.8 Å². The maximum Gasteiger partial charge on any atom is 0.264 e. The summed E-state index contributed by atoms with van der Waals surface area (Å²) in [4.78, 5) is 22.1. The second-order valence-corrected chi connectivity index (χ2v) is 7.08. The van der Waals surface area contributed by atoms with E-state index in [1.807, 2.05) is 61.5 Å². The Morgan fingerprint density at radius 2 is 1.88 bits per heavy atom. The average molecular weight is 339 g/mol. The Morgan fingerprint density at radius 3 is 2.58 bits per heavy atom. The minimum Gasteiger partial charge on any atom is -0.331 e. The summed E-state index contributed by atoms with van der Waals surface area (Å²) in [5, 5.41) is 1.12. The Balaban J connectivity index is 1.84. The third-order valence-electron chi connectivity index (χ3n) is 3.82. The first-order valence-corrected chi connectivity index (χ1v) is 8.77. The number of benzene rings is 1. The van der Waals surface area contributed by atoms with E-state index in [9.17, 15) is 4.79 Å².